The van der Waals surface area contributed by atoms with E-state index in [0.29, 0.717) is 0 Å². The quantitative estimate of drug-likeness (QED) is 0.830. The number of morpholine rings is 1. The molecule has 4 nitrogen and oxygen atoms in total. The van der Waals surface area contributed by atoms with E-state index in [9.17, 15) is 0 Å². The maximum absolute atomic E-state index is 5.81. The molecule has 2 aromatic heterocycles. The molecule has 0 radical (unpaired) electrons. The summed E-state index contributed by atoms with van der Waals surface area (Å²) in [4.78, 5) is 6.93. The first-order valence-electron chi connectivity index (χ1n) is 7.03. The molecule has 0 saturated carbocycles. The van der Waals surface area contributed by atoms with Gasteiger partial charge >= 0.3 is 0 Å². The van der Waals surface area contributed by atoms with Crippen LogP contribution in [0.25, 0.3) is 11.0 Å². The van der Waals surface area contributed by atoms with E-state index in [0.717, 1.165) is 25.3 Å². The Morgan fingerprint density at radius 3 is 2.68 bits per heavy atom. The minimum Gasteiger partial charge on any atom is -0.372 e. The molecule has 2 aromatic rings. The van der Waals surface area contributed by atoms with Gasteiger partial charge in [0.25, 0.3) is 0 Å². The lowest BCUT2D eigenvalue weighted by atomic mass is 10.2. The SMILES string of the molecule is CCn1ccc2c(N3CC(C)OC(C)C3)ccnc21. The van der Waals surface area contributed by atoms with Crippen LogP contribution in [0.5, 0.6) is 0 Å². The Hall–Kier alpha value is -1.55. The number of anilines is 1. The van der Waals surface area contributed by atoms with Gasteiger partial charge in [-0.2, -0.15) is 0 Å². The summed E-state index contributed by atoms with van der Waals surface area (Å²) in [6.45, 7) is 9.26. The predicted octanol–water partition coefficient (Wildman–Crippen LogP) is 2.67. The van der Waals surface area contributed by atoms with Crippen LogP contribution in [0.2, 0.25) is 0 Å². The molecule has 1 fully saturated rings. The van der Waals surface area contributed by atoms with Crippen molar-refractivity contribution < 1.29 is 4.74 Å². The number of hydrogen-bond acceptors (Lipinski definition) is 3. The molecule has 4 heteroatoms. The van der Waals surface area contributed by atoms with Gasteiger partial charge in [-0.1, -0.05) is 0 Å². The highest BCUT2D eigenvalue weighted by Crippen LogP contribution is 2.28. The van der Waals surface area contributed by atoms with E-state index in [4.69, 9.17) is 4.74 Å². The predicted molar refractivity (Wildman–Crippen MR) is 77.6 cm³/mol. The second-order valence-corrected chi connectivity index (χ2v) is 5.33. The van der Waals surface area contributed by atoms with Gasteiger partial charge in [0, 0.05) is 43.1 Å². The lowest BCUT2D eigenvalue weighted by Gasteiger charge is -2.37. The highest BCUT2D eigenvalue weighted by atomic mass is 16.5. The molecular weight excluding hydrogens is 238 g/mol. The Kier molecular flexibility index (Phi) is 3.19. The zero-order valence-electron chi connectivity index (χ0n) is 11.8. The van der Waals surface area contributed by atoms with Crippen molar-refractivity contribution in [2.45, 2.75) is 39.5 Å². The van der Waals surface area contributed by atoms with Crippen LogP contribution in [-0.4, -0.2) is 34.8 Å². The molecule has 1 aliphatic rings. The average molecular weight is 259 g/mol. The van der Waals surface area contributed by atoms with Crippen LogP contribution in [0.1, 0.15) is 20.8 Å². The standard InChI is InChI=1S/C15H21N3O/c1-4-17-8-6-13-14(5-7-16-15(13)17)18-9-11(2)19-12(3)10-18/h5-8,11-12H,4,9-10H2,1-3H3. The second kappa shape index (κ2) is 4.85. The molecule has 0 bridgehead atoms. The maximum Gasteiger partial charge on any atom is 0.141 e. The molecule has 2 atom stereocenters. The van der Waals surface area contributed by atoms with Crippen LogP contribution >= 0.6 is 0 Å². The number of fused-ring (bicyclic) bond motifs is 1. The van der Waals surface area contributed by atoms with Crippen molar-refractivity contribution in [2.24, 2.45) is 0 Å². The molecule has 0 spiro atoms. The second-order valence-electron chi connectivity index (χ2n) is 5.33. The summed E-state index contributed by atoms with van der Waals surface area (Å²) in [5.41, 5.74) is 2.35. The van der Waals surface area contributed by atoms with Gasteiger partial charge < -0.3 is 14.2 Å². The lowest BCUT2D eigenvalue weighted by Crippen LogP contribution is -2.45. The van der Waals surface area contributed by atoms with E-state index in [1.807, 2.05) is 6.20 Å². The minimum absolute atomic E-state index is 0.278. The molecule has 1 aliphatic heterocycles. The molecule has 1 saturated heterocycles. The van der Waals surface area contributed by atoms with Crippen LogP contribution < -0.4 is 4.90 Å². The molecular formula is C15H21N3O. The van der Waals surface area contributed by atoms with Crippen LogP contribution in [-0.2, 0) is 11.3 Å². The van der Waals surface area contributed by atoms with Gasteiger partial charge in [0.2, 0.25) is 0 Å². The third-order valence-electron chi connectivity index (χ3n) is 3.74. The Labute approximate surface area is 114 Å². The van der Waals surface area contributed by atoms with Gasteiger partial charge in [-0.05, 0) is 32.9 Å². The molecule has 0 amide bonds. The lowest BCUT2D eigenvalue weighted by molar-refractivity contribution is -0.00513. The summed E-state index contributed by atoms with van der Waals surface area (Å²) in [5, 5.41) is 1.24. The van der Waals surface area contributed by atoms with Crippen molar-refractivity contribution in [1.82, 2.24) is 9.55 Å². The molecule has 0 aromatic carbocycles. The van der Waals surface area contributed by atoms with Crippen molar-refractivity contribution >= 4 is 16.7 Å². The number of hydrogen-bond donors (Lipinski definition) is 0. The number of ether oxygens (including phenoxy) is 1. The zero-order chi connectivity index (χ0) is 13.4. The summed E-state index contributed by atoms with van der Waals surface area (Å²) in [6, 6.07) is 4.29. The van der Waals surface area contributed by atoms with Crippen LogP contribution in [0, 0.1) is 0 Å². The fourth-order valence-electron chi connectivity index (χ4n) is 2.98. The van der Waals surface area contributed by atoms with Crippen molar-refractivity contribution in [3.63, 3.8) is 0 Å². The topological polar surface area (TPSA) is 30.3 Å². The van der Waals surface area contributed by atoms with E-state index in [-0.39, 0.29) is 12.2 Å². The van der Waals surface area contributed by atoms with E-state index in [1.165, 1.54) is 11.1 Å². The molecule has 19 heavy (non-hydrogen) atoms. The highest BCUT2D eigenvalue weighted by molar-refractivity contribution is 5.90. The van der Waals surface area contributed by atoms with Crippen molar-refractivity contribution in [3.8, 4) is 0 Å². The monoisotopic (exact) mass is 259 g/mol. The van der Waals surface area contributed by atoms with E-state index in [2.05, 4.69) is 53.6 Å². The molecule has 2 unspecified atom stereocenters. The number of aromatic nitrogens is 2. The summed E-state index contributed by atoms with van der Waals surface area (Å²) < 4.78 is 8.00. The largest absolute Gasteiger partial charge is 0.372 e. The molecule has 0 aliphatic carbocycles. The fraction of sp³-hybridized carbons (Fsp3) is 0.533. The van der Waals surface area contributed by atoms with Gasteiger partial charge in [-0.3, -0.25) is 0 Å². The first kappa shape index (κ1) is 12.5. The number of pyridine rings is 1. The van der Waals surface area contributed by atoms with Crippen LogP contribution in [0.15, 0.2) is 24.5 Å². The van der Waals surface area contributed by atoms with Crippen molar-refractivity contribution in [1.29, 1.82) is 0 Å². The Balaban J connectivity index is 2.02. The molecule has 3 rings (SSSR count). The third-order valence-corrected chi connectivity index (χ3v) is 3.74. The first-order valence-corrected chi connectivity index (χ1v) is 7.03. The Bertz CT molecular complexity index is 568. The van der Waals surface area contributed by atoms with E-state index in [1.54, 1.807) is 0 Å². The molecule has 3 heterocycles. The summed E-state index contributed by atoms with van der Waals surface area (Å²) in [7, 11) is 0. The van der Waals surface area contributed by atoms with Gasteiger partial charge in [-0.25, -0.2) is 4.98 Å². The average Bonchev–Trinajstić information content (AvgIpc) is 2.80. The fourth-order valence-corrected chi connectivity index (χ4v) is 2.98. The Morgan fingerprint density at radius 2 is 2.00 bits per heavy atom. The van der Waals surface area contributed by atoms with Gasteiger partial charge in [0.1, 0.15) is 5.65 Å². The van der Waals surface area contributed by atoms with Crippen molar-refractivity contribution in [2.75, 3.05) is 18.0 Å². The zero-order valence-corrected chi connectivity index (χ0v) is 11.8. The van der Waals surface area contributed by atoms with Gasteiger partial charge in [-0.15, -0.1) is 0 Å². The summed E-state index contributed by atoms with van der Waals surface area (Å²) in [5.74, 6) is 0. The number of aryl methyl sites for hydroxylation is 1. The van der Waals surface area contributed by atoms with Gasteiger partial charge in [0.05, 0.1) is 12.2 Å². The number of rotatable bonds is 2. The van der Waals surface area contributed by atoms with E-state index < -0.39 is 0 Å². The maximum atomic E-state index is 5.81. The molecule has 102 valence electrons. The highest BCUT2D eigenvalue weighted by Gasteiger charge is 2.23. The molecule has 0 N–H and O–H groups in total. The van der Waals surface area contributed by atoms with E-state index >= 15 is 0 Å². The first-order chi connectivity index (χ1) is 9.19. The van der Waals surface area contributed by atoms with Crippen molar-refractivity contribution in [3.05, 3.63) is 24.5 Å². The Morgan fingerprint density at radius 1 is 1.26 bits per heavy atom. The van der Waals surface area contributed by atoms with Crippen LogP contribution in [0.3, 0.4) is 0 Å². The van der Waals surface area contributed by atoms with Crippen LogP contribution in [0.4, 0.5) is 5.69 Å². The summed E-state index contributed by atoms with van der Waals surface area (Å²) in [6.07, 6.45) is 4.59. The third kappa shape index (κ3) is 2.21. The minimum atomic E-state index is 0.278. The number of nitrogens with zero attached hydrogens (tertiary/aromatic N) is 3. The normalized spacial score (nSPS) is 24.1. The summed E-state index contributed by atoms with van der Waals surface area (Å²) >= 11 is 0. The van der Waals surface area contributed by atoms with Gasteiger partial charge in [0.15, 0.2) is 0 Å². The smallest absolute Gasteiger partial charge is 0.141 e.